The molecule has 2 aromatic heterocycles. The lowest BCUT2D eigenvalue weighted by Crippen LogP contribution is -2.32. The summed E-state index contributed by atoms with van der Waals surface area (Å²) in [7, 11) is -3.15. The van der Waals surface area contributed by atoms with Crippen molar-refractivity contribution in [3.63, 3.8) is 0 Å². The van der Waals surface area contributed by atoms with Crippen molar-refractivity contribution < 1.29 is 13.2 Å². The van der Waals surface area contributed by atoms with Crippen LogP contribution in [0.5, 0.6) is 0 Å². The zero-order chi connectivity index (χ0) is 17.7. The largest absolute Gasteiger partial charge is 0.332 e. The minimum Gasteiger partial charge on any atom is -0.332 e. The summed E-state index contributed by atoms with van der Waals surface area (Å²) in [5.41, 5.74) is 0. The van der Waals surface area contributed by atoms with Crippen molar-refractivity contribution in [2.45, 2.75) is 50.4 Å². The number of thiophene rings is 2. The van der Waals surface area contributed by atoms with Gasteiger partial charge in [-0.2, -0.15) is 0 Å². The van der Waals surface area contributed by atoms with E-state index in [0.29, 0.717) is 13.1 Å². The molecule has 0 aromatic carbocycles. The highest BCUT2D eigenvalue weighted by molar-refractivity contribution is 7.92. The van der Waals surface area contributed by atoms with Gasteiger partial charge in [0.2, 0.25) is 5.91 Å². The molecule has 0 atom stereocenters. The Balaban J connectivity index is 1.63. The predicted octanol–water partition coefficient (Wildman–Crippen LogP) is 4.09. The fraction of sp³-hybridized carbons (Fsp3) is 0.500. The van der Waals surface area contributed by atoms with Crippen molar-refractivity contribution in [3.05, 3.63) is 44.8 Å². The Hall–Kier alpha value is -1.18. The molecule has 4 nitrogen and oxygen atoms in total. The van der Waals surface area contributed by atoms with Gasteiger partial charge < -0.3 is 4.90 Å². The van der Waals surface area contributed by atoms with E-state index < -0.39 is 9.84 Å². The summed E-state index contributed by atoms with van der Waals surface area (Å²) in [6, 6.07) is 7.96. The molecule has 0 N–H and O–H groups in total. The number of amides is 1. The molecule has 1 aliphatic carbocycles. The number of carbonyl (C=O) groups excluding carboxylic acids is 1. The standard InChI is InChI=1S/C18H23NO3S3/c20-18(9-12-25(21,22)17-7-1-2-8-17)19(13-15-5-3-10-23-15)14-16-6-4-11-24-16/h3-6,10-11,17H,1-2,7-9,12-14H2. The molecular formula is C18H23NO3S3. The smallest absolute Gasteiger partial charge is 0.224 e. The number of carbonyl (C=O) groups is 1. The van der Waals surface area contributed by atoms with Crippen molar-refractivity contribution >= 4 is 38.4 Å². The molecule has 2 aromatic rings. The van der Waals surface area contributed by atoms with Crippen molar-refractivity contribution in [2.75, 3.05) is 5.75 Å². The molecule has 0 aliphatic heterocycles. The maximum absolute atomic E-state index is 12.7. The molecule has 1 saturated carbocycles. The van der Waals surface area contributed by atoms with E-state index in [0.717, 1.165) is 35.4 Å². The van der Waals surface area contributed by atoms with E-state index in [9.17, 15) is 13.2 Å². The normalized spacial score (nSPS) is 15.5. The third kappa shape index (κ3) is 5.15. The lowest BCUT2D eigenvalue weighted by atomic mass is 10.3. The predicted molar refractivity (Wildman–Crippen MR) is 104 cm³/mol. The van der Waals surface area contributed by atoms with Crippen molar-refractivity contribution in [3.8, 4) is 0 Å². The van der Waals surface area contributed by atoms with Crippen LogP contribution in [0.15, 0.2) is 35.0 Å². The molecule has 0 bridgehead atoms. The van der Waals surface area contributed by atoms with Crippen LogP contribution in [0.25, 0.3) is 0 Å². The van der Waals surface area contributed by atoms with Gasteiger partial charge in [-0.05, 0) is 35.7 Å². The highest BCUT2D eigenvalue weighted by atomic mass is 32.2. The van der Waals surface area contributed by atoms with E-state index in [2.05, 4.69) is 0 Å². The monoisotopic (exact) mass is 397 g/mol. The summed E-state index contributed by atoms with van der Waals surface area (Å²) in [6.07, 6.45) is 3.56. The molecule has 7 heteroatoms. The summed E-state index contributed by atoms with van der Waals surface area (Å²) < 4.78 is 24.9. The molecule has 3 rings (SSSR count). The van der Waals surface area contributed by atoms with E-state index in [1.807, 2.05) is 35.0 Å². The molecule has 0 unspecified atom stereocenters. The van der Waals surface area contributed by atoms with Crippen molar-refractivity contribution in [1.29, 1.82) is 0 Å². The molecule has 1 amide bonds. The van der Waals surface area contributed by atoms with Crippen LogP contribution in [0.4, 0.5) is 0 Å². The molecule has 0 spiro atoms. The minimum atomic E-state index is -3.15. The van der Waals surface area contributed by atoms with Gasteiger partial charge in [0.1, 0.15) is 0 Å². The molecule has 0 radical (unpaired) electrons. The van der Waals surface area contributed by atoms with Crippen LogP contribution in [-0.4, -0.2) is 30.2 Å². The number of rotatable bonds is 8. The molecule has 136 valence electrons. The summed E-state index contributed by atoms with van der Waals surface area (Å²) in [6.45, 7) is 1.08. The van der Waals surface area contributed by atoms with Crippen LogP contribution in [-0.2, 0) is 27.7 Å². The van der Waals surface area contributed by atoms with Gasteiger partial charge in [0.25, 0.3) is 0 Å². The first-order chi connectivity index (χ1) is 12.0. The van der Waals surface area contributed by atoms with E-state index >= 15 is 0 Å². The Kier molecular flexibility index (Phi) is 6.30. The molecule has 1 aliphatic rings. The minimum absolute atomic E-state index is 0.0259. The maximum atomic E-state index is 12.7. The average Bonchev–Trinajstić information content (AvgIpc) is 3.33. The fourth-order valence-electron chi connectivity index (χ4n) is 3.22. The van der Waals surface area contributed by atoms with Gasteiger partial charge in [0.15, 0.2) is 9.84 Å². The van der Waals surface area contributed by atoms with Gasteiger partial charge in [-0.25, -0.2) is 8.42 Å². The summed E-state index contributed by atoms with van der Waals surface area (Å²) in [5.74, 6) is -0.106. The van der Waals surface area contributed by atoms with Crippen LogP contribution in [0.2, 0.25) is 0 Å². The lowest BCUT2D eigenvalue weighted by Gasteiger charge is -2.22. The number of sulfone groups is 1. The van der Waals surface area contributed by atoms with Crippen molar-refractivity contribution in [1.82, 2.24) is 4.90 Å². The van der Waals surface area contributed by atoms with Crippen LogP contribution in [0.3, 0.4) is 0 Å². The van der Waals surface area contributed by atoms with Gasteiger partial charge in [0, 0.05) is 16.2 Å². The molecule has 1 fully saturated rings. The highest BCUT2D eigenvalue weighted by Gasteiger charge is 2.29. The Bertz CT molecular complexity index is 724. The second-order valence-corrected chi connectivity index (χ2v) is 10.9. The number of nitrogens with zero attached hydrogens (tertiary/aromatic N) is 1. The molecule has 25 heavy (non-hydrogen) atoms. The van der Waals surface area contributed by atoms with Crippen LogP contribution < -0.4 is 0 Å². The second kappa shape index (κ2) is 8.47. The summed E-state index contributed by atoms with van der Waals surface area (Å²) in [5, 5.41) is 3.75. The van der Waals surface area contributed by atoms with Gasteiger partial charge in [-0.1, -0.05) is 25.0 Å². The third-order valence-electron chi connectivity index (χ3n) is 4.62. The zero-order valence-electron chi connectivity index (χ0n) is 14.1. The van der Waals surface area contributed by atoms with Crippen LogP contribution in [0, 0.1) is 0 Å². The second-order valence-electron chi connectivity index (χ2n) is 6.43. The number of hydrogen-bond acceptors (Lipinski definition) is 5. The van der Waals surface area contributed by atoms with E-state index in [1.54, 1.807) is 27.6 Å². The fourth-order valence-corrected chi connectivity index (χ4v) is 6.50. The topological polar surface area (TPSA) is 54.5 Å². The number of hydrogen-bond donors (Lipinski definition) is 0. The van der Waals surface area contributed by atoms with Crippen molar-refractivity contribution in [2.24, 2.45) is 0 Å². The first-order valence-corrected chi connectivity index (χ1v) is 12.1. The third-order valence-corrected chi connectivity index (χ3v) is 8.60. The quantitative estimate of drug-likeness (QED) is 0.674. The highest BCUT2D eigenvalue weighted by Crippen LogP contribution is 2.26. The Morgan fingerprint density at radius 1 is 1.04 bits per heavy atom. The maximum Gasteiger partial charge on any atom is 0.224 e. The summed E-state index contributed by atoms with van der Waals surface area (Å²) in [4.78, 5) is 16.7. The lowest BCUT2D eigenvalue weighted by molar-refractivity contribution is -0.131. The molecule has 0 saturated heterocycles. The molecule has 2 heterocycles. The Labute approximate surface area is 157 Å². The van der Waals surface area contributed by atoms with E-state index in [1.165, 1.54) is 0 Å². The summed E-state index contributed by atoms with van der Waals surface area (Å²) >= 11 is 3.23. The van der Waals surface area contributed by atoms with Gasteiger partial charge in [0.05, 0.1) is 24.1 Å². The molecular weight excluding hydrogens is 374 g/mol. The van der Waals surface area contributed by atoms with Gasteiger partial charge in [-0.15, -0.1) is 22.7 Å². The SMILES string of the molecule is O=C(CCS(=O)(=O)C1CCCC1)N(Cc1cccs1)Cc1cccs1. The average molecular weight is 398 g/mol. The van der Waals surface area contributed by atoms with Crippen LogP contribution in [0.1, 0.15) is 41.9 Å². The van der Waals surface area contributed by atoms with Crippen LogP contribution >= 0.6 is 22.7 Å². The van der Waals surface area contributed by atoms with E-state index in [-0.39, 0.29) is 23.3 Å². The van der Waals surface area contributed by atoms with Gasteiger partial charge >= 0.3 is 0 Å². The Morgan fingerprint density at radius 2 is 1.60 bits per heavy atom. The Morgan fingerprint density at radius 3 is 2.08 bits per heavy atom. The first kappa shape index (κ1) is 18.6. The van der Waals surface area contributed by atoms with E-state index in [4.69, 9.17) is 0 Å². The first-order valence-electron chi connectivity index (χ1n) is 8.59. The zero-order valence-corrected chi connectivity index (χ0v) is 16.5. The van der Waals surface area contributed by atoms with Gasteiger partial charge in [-0.3, -0.25) is 4.79 Å².